The van der Waals surface area contributed by atoms with Gasteiger partial charge < -0.3 is 0 Å². The Morgan fingerprint density at radius 1 is 0.800 bits per heavy atom. The van der Waals surface area contributed by atoms with Crippen LogP contribution in [0.2, 0.25) is 0 Å². The van der Waals surface area contributed by atoms with Crippen LogP contribution in [0.15, 0.2) is 24.3 Å². The summed E-state index contributed by atoms with van der Waals surface area (Å²) in [4.78, 5) is 0. The zero-order chi connectivity index (χ0) is 10.1. The zero-order valence-corrected chi connectivity index (χ0v) is 9.41. The van der Waals surface area contributed by atoms with E-state index in [2.05, 4.69) is 24.3 Å². The van der Waals surface area contributed by atoms with Crippen molar-refractivity contribution in [1.29, 1.82) is 0 Å². The van der Waals surface area contributed by atoms with Gasteiger partial charge in [-0.05, 0) is 48.6 Å². The summed E-state index contributed by atoms with van der Waals surface area (Å²) in [6.45, 7) is 0. The molecule has 2 aliphatic carbocycles. The highest BCUT2D eigenvalue weighted by Crippen LogP contribution is 2.38. The fourth-order valence-corrected chi connectivity index (χ4v) is 3.56. The summed E-state index contributed by atoms with van der Waals surface area (Å²) in [6, 6.07) is 9.11. The van der Waals surface area contributed by atoms with Crippen LogP contribution in [-0.4, -0.2) is 0 Å². The summed E-state index contributed by atoms with van der Waals surface area (Å²) < 4.78 is 0. The Kier molecular flexibility index (Phi) is 2.52. The van der Waals surface area contributed by atoms with Crippen molar-refractivity contribution in [2.24, 2.45) is 11.8 Å². The van der Waals surface area contributed by atoms with E-state index >= 15 is 0 Å². The predicted molar refractivity (Wildman–Crippen MR) is 63.9 cm³/mol. The van der Waals surface area contributed by atoms with Crippen LogP contribution in [0.3, 0.4) is 0 Å². The second kappa shape index (κ2) is 4.00. The molecule has 80 valence electrons. The molecule has 1 fully saturated rings. The van der Waals surface area contributed by atoms with E-state index in [0.717, 1.165) is 11.8 Å². The molecule has 1 aromatic rings. The highest BCUT2D eigenvalue weighted by atomic mass is 14.3. The zero-order valence-electron chi connectivity index (χ0n) is 9.41. The van der Waals surface area contributed by atoms with Crippen molar-refractivity contribution in [3.63, 3.8) is 0 Å². The van der Waals surface area contributed by atoms with E-state index in [1.807, 2.05) is 0 Å². The molecule has 0 heterocycles. The largest absolute Gasteiger partial charge is 0.0620 e. The van der Waals surface area contributed by atoms with Crippen LogP contribution in [0.1, 0.15) is 43.2 Å². The molecule has 0 aromatic heterocycles. The molecule has 3 rings (SSSR count). The van der Waals surface area contributed by atoms with Gasteiger partial charge in [-0.15, -0.1) is 0 Å². The van der Waals surface area contributed by atoms with Crippen LogP contribution in [0.25, 0.3) is 0 Å². The Hall–Kier alpha value is -0.780. The van der Waals surface area contributed by atoms with Crippen molar-refractivity contribution >= 4 is 0 Å². The molecule has 0 aliphatic heterocycles. The van der Waals surface area contributed by atoms with Crippen LogP contribution in [0, 0.1) is 11.8 Å². The van der Waals surface area contributed by atoms with Crippen molar-refractivity contribution in [3.05, 3.63) is 35.4 Å². The standard InChI is InChI=1S/C15H20/c1-3-7-14-11-15-8-4-2-6-13(15)10-9-12(14)5-1/h1,3,5,7,13,15H,2,4,6,8-11H2. The van der Waals surface area contributed by atoms with E-state index in [1.54, 1.807) is 11.1 Å². The molecule has 2 aliphatic rings. The highest BCUT2D eigenvalue weighted by molar-refractivity contribution is 5.29. The summed E-state index contributed by atoms with van der Waals surface area (Å²) in [6.07, 6.45) is 10.1. The van der Waals surface area contributed by atoms with E-state index < -0.39 is 0 Å². The molecule has 0 nitrogen and oxygen atoms in total. The normalized spacial score (nSPS) is 30.1. The first-order valence-electron chi connectivity index (χ1n) is 6.50. The summed E-state index contributed by atoms with van der Waals surface area (Å²) in [5, 5.41) is 0. The van der Waals surface area contributed by atoms with Gasteiger partial charge in [-0.2, -0.15) is 0 Å². The maximum Gasteiger partial charge on any atom is -0.0245 e. The smallest absolute Gasteiger partial charge is 0.0245 e. The Labute approximate surface area is 92.7 Å². The number of rotatable bonds is 0. The summed E-state index contributed by atoms with van der Waals surface area (Å²) >= 11 is 0. The summed E-state index contributed by atoms with van der Waals surface area (Å²) in [5.41, 5.74) is 3.28. The molecule has 0 saturated heterocycles. The van der Waals surface area contributed by atoms with Gasteiger partial charge in [0.2, 0.25) is 0 Å². The number of aryl methyl sites for hydroxylation is 1. The summed E-state index contributed by atoms with van der Waals surface area (Å²) in [5.74, 6) is 2.04. The number of hydrogen-bond acceptors (Lipinski definition) is 0. The molecule has 0 amide bonds. The highest BCUT2D eigenvalue weighted by Gasteiger charge is 2.27. The SMILES string of the molecule is c1ccc2c(c1)CCC1CCCCC1C2. The second-order valence-electron chi connectivity index (χ2n) is 5.32. The Bertz CT molecular complexity index is 340. The van der Waals surface area contributed by atoms with Gasteiger partial charge in [0, 0.05) is 0 Å². The molecule has 1 aromatic carbocycles. The molecule has 0 N–H and O–H groups in total. The second-order valence-corrected chi connectivity index (χ2v) is 5.32. The first-order chi connectivity index (χ1) is 7.43. The van der Waals surface area contributed by atoms with E-state index in [0.29, 0.717) is 0 Å². The first-order valence-corrected chi connectivity index (χ1v) is 6.50. The molecule has 1 saturated carbocycles. The minimum Gasteiger partial charge on any atom is -0.0620 e. The average molecular weight is 200 g/mol. The third-order valence-electron chi connectivity index (χ3n) is 4.45. The lowest BCUT2D eigenvalue weighted by molar-refractivity contribution is 0.229. The first kappa shape index (κ1) is 9.45. The van der Waals surface area contributed by atoms with Crippen molar-refractivity contribution in [2.45, 2.75) is 44.9 Å². The van der Waals surface area contributed by atoms with E-state index in [9.17, 15) is 0 Å². The molecule has 2 unspecified atom stereocenters. The predicted octanol–water partition coefficient (Wildman–Crippen LogP) is 3.98. The van der Waals surface area contributed by atoms with Crippen LogP contribution in [0.4, 0.5) is 0 Å². The van der Waals surface area contributed by atoms with Crippen LogP contribution in [0.5, 0.6) is 0 Å². The van der Waals surface area contributed by atoms with E-state index in [-0.39, 0.29) is 0 Å². The van der Waals surface area contributed by atoms with Gasteiger partial charge in [-0.25, -0.2) is 0 Å². The van der Waals surface area contributed by atoms with Gasteiger partial charge in [0.25, 0.3) is 0 Å². The molecule has 0 heteroatoms. The maximum atomic E-state index is 2.35. The fourth-order valence-electron chi connectivity index (χ4n) is 3.56. The van der Waals surface area contributed by atoms with Crippen molar-refractivity contribution in [1.82, 2.24) is 0 Å². The lowest BCUT2D eigenvalue weighted by Crippen LogP contribution is -2.20. The molecule has 0 spiro atoms. The van der Waals surface area contributed by atoms with Gasteiger partial charge in [0.15, 0.2) is 0 Å². The van der Waals surface area contributed by atoms with Crippen LogP contribution in [-0.2, 0) is 12.8 Å². The van der Waals surface area contributed by atoms with E-state index in [4.69, 9.17) is 0 Å². The van der Waals surface area contributed by atoms with Gasteiger partial charge in [-0.1, -0.05) is 43.5 Å². The lowest BCUT2D eigenvalue weighted by atomic mass is 9.76. The number of fused-ring (bicyclic) bond motifs is 2. The molecular weight excluding hydrogens is 180 g/mol. The molecule has 0 bridgehead atoms. The Morgan fingerprint density at radius 3 is 2.40 bits per heavy atom. The quantitative estimate of drug-likeness (QED) is 0.594. The van der Waals surface area contributed by atoms with Crippen molar-refractivity contribution in [3.8, 4) is 0 Å². The topological polar surface area (TPSA) is 0 Å². The van der Waals surface area contributed by atoms with Crippen LogP contribution < -0.4 is 0 Å². The summed E-state index contributed by atoms with van der Waals surface area (Å²) in [7, 11) is 0. The van der Waals surface area contributed by atoms with E-state index in [1.165, 1.54) is 44.9 Å². The molecule has 15 heavy (non-hydrogen) atoms. The fraction of sp³-hybridized carbons (Fsp3) is 0.600. The van der Waals surface area contributed by atoms with Crippen molar-refractivity contribution in [2.75, 3.05) is 0 Å². The maximum absolute atomic E-state index is 2.35. The average Bonchev–Trinajstić information content (AvgIpc) is 2.48. The van der Waals surface area contributed by atoms with Gasteiger partial charge in [0.05, 0.1) is 0 Å². The minimum absolute atomic E-state index is 1.00. The van der Waals surface area contributed by atoms with Gasteiger partial charge >= 0.3 is 0 Å². The molecule has 0 radical (unpaired) electrons. The molecule has 2 atom stereocenters. The molecular formula is C15H20. The number of benzene rings is 1. The minimum atomic E-state index is 1.00. The third-order valence-corrected chi connectivity index (χ3v) is 4.45. The number of hydrogen-bond donors (Lipinski definition) is 0. The van der Waals surface area contributed by atoms with Gasteiger partial charge in [-0.3, -0.25) is 0 Å². The van der Waals surface area contributed by atoms with Crippen LogP contribution >= 0.6 is 0 Å². The van der Waals surface area contributed by atoms with Crippen molar-refractivity contribution < 1.29 is 0 Å². The Balaban J connectivity index is 1.88. The monoisotopic (exact) mass is 200 g/mol. The lowest BCUT2D eigenvalue weighted by Gasteiger charge is -2.29. The third kappa shape index (κ3) is 1.82. The Morgan fingerprint density at radius 2 is 1.53 bits per heavy atom. The van der Waals surface area contributed by atoms with Gasteiger partial charge in [0.1, 0.15) is 0 Å².